The van der Waals surface area contributed by atoms with E-state index in [1.165, 1.54) is 0 Å². The number of rotatable bonds is 10. The highest BCUT2D eigenvalue weighted by Gasteiger charge is 2.15. The number of nitrogens with zero attached hydrogens (tertiary/aromatic N) is 2. The molecule has 3 aromatic carbocycles. The van der Waals surface area contributed by atoms with Crippen LogP contribution in [0.5, 0.6) is 0 Å². The van der Waals surface area contributed by atoms with Crippen molar-refractivity contribution in [3.8, 4) is 0 Å². The number of sulfonamides is 1. The molecule has 3 aromatic rings. The number of hydrogen-bond donors (Lipinski definition) is 1. The number of alkyl halides is 2. The zero-order chi connectivity index (χ0) is 23.8. The zero-order valence-corrected chi connectivity index (χ0v) is 21.0. The Morgan fingerprint density at radius 1 is 0.939 bits per heavy atom. The largest absolute Gasteiger partial charge is 0.369 e. The summed E-state index contributed by atoms with van der Waals surface area (Å²) in [5.41, 5.74) is 4.97. The van der Waals surface area contributed by atoms with Crippen LogP contribution in [-0.2, 0) is 10.0 Å². The lowest BCUT2D eigenvalue weighted by atomic mass is 10.1. The molecule has 174 valence electrons. The molecule has 0 spiro atoms. The van der Waals surface area contributed by atoms with E-state index in [0.29, 0.717) is 23.1 Å². The summed E-state index contributed by atoms with van der Waals surface area (Å²) in [6.45, 7) is 5.36. The van der Waals surface area contributed by atoms with E-state index in [1.54, 1.807) is 48.7 Å². The van der Waals surface area contributed by atoms with Gasteiger partial charge in [0.05, 0.1) is 16.3 Å². The van der Waals surface area contributed by atoms with Gasteiger partial charge in [0, 0.05) is 36.8 Å². The lowest BCUT2D eigenvalue weighted by molar-refractivity contribution is 0.601. The quantitative estimate of drug-likeness (QED) is 0.267. The van der Waals surface area contributed by atoms with Gasteiger partial charge in [-0.25, -0.2) is 8.42 Å². The van der Waals surface area contributed by atoms with Crippen LogP contribution < -0.4 is 9.62 Å². The summed E-state index contributed by atoms with van der Waals surface area (Å²) >= 11 is 11.8. The molecule has 33 heavy (non-hydrogen) atoms. The summed E-state index contributed by atoms with van der Waals surface area (Å²) in [7, 11) is -3.72. The first-order valence-corrected chi connectivity index (χ1v) is 13.1. The lowest BCUT2D eigenvalue weighted by Crippen LogP contribution is -2.27. The van der Waals surface area contributed by atoms with Gasteiger partial charge in [-0.15, -0.1) is 23.2 Å². The van der Waals surface area contributed by atoms with E-state index in [0.717, 1.165) is 35.5 Å². The van der Waals surface area contributed by atoms with Gasteiger partial charge >= 0.3 is 0 Å². The molecule has 0 saturated carbocycles. The molecule has 0 fully saturated rings. The third kappa shape index (κ3) is 6.73. The van der Waals surface area contributed by atoms with Crippen molar-refractivity contribution >= 4 is 56.5 Å². The average Bonchev–Trinajstić information content (AvgIpc) is 2.79. The number of halogens is 2. The van der Waals surface area contributed by atoms with Gasteiger partial charge in [0.2, 0.25) is 0 Å². The van der Waals surface area contributed by atoms with Crippen molar-refractivity contribution in [2.45, 2.75) is 18.7 Å². The van der Waals surface area contributed by atoms with E-state index >= 15 is 0 Å². The van der Waals surface area contributed by atoms with Gasteiger partial charge in [-0.3, -0.25) is 9.71 Å². The second-order valence-electron chi connectivity index (χ2n) is 7.60. The number of aryl methyl sites for hydroxylation is 2. The van der Waals surface area contributed by atoms with Gasteiger partial charge in [-0.05, 0) is 61.4 Å². The number of benzene rings is 3. The first-order chi connectivity index (χ1) is 15.8. The van der Waals surface area contributed by atoms with Gasteiger partial charge in [0.25, 0.3) is 10.0 Å². The molecule has 0 aliphatic rings. The van der Waals surface area contributed by atoms with Gasteiger partial charge in [-0.1, -0.05) is 35.9 Å². The fraction of sp³-hybridized carbons (Fsp3) is 0.240. The highest BCUT2D eigenvalue weighted by Crippen LogP contribution is 2.27. The minimum Gasteiger partial charge on any atom is -0.369 e. The second-order valence-corrected chi connectivity index (χ2v) is 10.0. The smallest absolute Gasteiger partial charge is 0.261 e. The lowest BCUT2D eigenvalue weighted by Gasteiger charge is -2.23. The molecule has 3 rings (SSSR count). The fourth-order valence-corrected chi connectivity index (χ4v) is 4.79. The van der Waals surface area contributed by atoms with Crippen LogP contribution >= 0.6 is 23.2 Å². The van der Waals surface area contributed by atoms with Crippen LogP contribution in [0.15, 0.2) is 76.6 Å². The maximum absolute atomic E-state index is 12.8. The van der Waals surface area contributed by atoms with Crippen molar-refractivity contribution in [1.82, 2.24) is 0 Å². The summed E-state index contributed by atoms with van der Waals surface area (Å²) in [6.07, 6.45) is 1.74. The molecule has 0 unspecified atom stereocenters. The minimum absolute atomic E-state index is 0.205. The second kappa shape index (κ2) is 11.5. The fourth-order valence-electron chi connectivity index (χ4n) is 3.31. The summed E-state index contributed by atoms with van der Waals surface area (Å²) in [5.74, 6) is 1.04. The van der Waals surface area contributed by atoms with E-state index in [4.69, 9.17) is 23.2 Å². The maximum atomic E-state index is 12.8. The zero-order valence-electron chi connectivity index (χ0n) is 18.6. The van der Waals surface area contributed by atoms with Gasteiger partial charge < -0.3 is 4.90 Å². The Hall–Kier alpha value is -2.54. The van der Waals surface area contributed by atoms with E-state index in [-0.39, 0.29) is 4.90 Å². The SMILES string of the molecule is Cc1ccc(S(=O)(=O)Nc2ccccc2N=Cc2ccc(N(CCCl)CCCl)cc2C)cc1. The molecule has 0 aromatic heterocycles. The summed E-state index contributed by atoms with van der Waals surface area (Å²) < 4.78 is 28.3. The Morgan fingerprint density at radius 3 is 2.24 bits per heavy atom. The third-order valence-electron chi connectivity index (χ3n) is 5.15. The molecular weight excluding hydrogens is 477 g/mol. The van der Waals surface area contributed by atoms with Gasteiger partial charge in [0.1, 0.15) is 0 Å². The maximum Gasteiger partial charge on any atom is 0.261 e. The molecule has 1 N–H and O–H groups in total. The van der Waals surface area contributed by atoms with Crippen LogP contribution in [0.3, 0.4) is 0 Å². The predicted molar refractivity (Wildman–Crippen MR) is 141 cm³/mol. The van der Waals surface area contributed by atoms with Crippen molar-refractivity contribution in [2.24, 2.45) is 4.99 Å². The van der Waals surface area contributed by atoms with Crippen LogP contribution in [0.2, 0.25) is 0 Å². The van der Waals surface area contributed by atoms with Crippen LogP contribution in [-0.4, -0.2) is 39.5 Å². The third-order valence-corrected chi connectivity index (χ3v) is 6.87. The van der Waals surface area contributed by atoms with Crippen molar-refractivity contribution in [1.29, 1.82) is 0 Å². The number of nitrogens with one attached hydrogen (secondary N) is 1. The highest BCUT2D eigenvalue weighted by molar-refractivity contribution is 7.92. The Morgan fingerprint density at radius 2 is 1.61 bits per heavy atom. The van der Waals surface area contributed by atoms with Crippen LogP contribution in [0.1, 0.15) is 16.7 Å². The molecule has 0 heterocycles. The Kier molecular flexibility index (Phi) is 8.78. The molecular formula is C25H27Cl2N3O2S. The van der Waals surface area contributed by atoms with Crippen molar-refractivity contribution in [3.63, 3.8) is 0 Å². The first-order valence-electron chi connectivity index (χ1n) is 10.5. The number of para-hydroxylation sites is 2. The predicted octanol–water partition coefficient (Wildman–Crippen LogP) is 6.14. The molecule has 0 amide bonds. The summed E-state index contributed by atoms with van der Waals surface area (Å²) in [6, 6.07) is 19.9. The van der Waals surface area contributed by atoms with Crippen molar-refractivity contribution in [3.05, 3.63) is 83.4 Å². The van der Waals surface area contributed by atoms with E-state index in [1.807, 2.05) is 32.0 Å². The molecule has 8 heteroatoms. The molecule has 0 bridgehead atoms. The number of hydrogen-bond acceptors (Lipinski definition) is 4. The highest BCUT2D eigenvalue weighted by atomic mass is 35.5. The molecule has 0 atom stereocenters. The Bertz CT molecular complexity index is 1210. The summed E-state index contributed by atoms with van der Waals surface area (Å²) in [5, 5.41) is 0. The van der Waals surface area contributed by atoms with Crippen molar-refractivity contribution < 1.29 is 8.42 Å². The minimum atomic E-state index is -3.72. The normalized spacial score (nSPS) is 11.6. The first kappa shape index (κ1) is 25.1. The molecule has 5 nitrogen and oxygen atoms in total. The van der Waals surface area contributed by atoms with E-state index in [9.17, 15) is 8.42 Å². The van der Waals surface area contributed by atoms with Crippen molar-refractivity contribution in [2.75, 3.05) is 34.5 Å². The van der Waals surface area contributed by atoms with Gasteiger partial charge in [0.15, 0.2) is 0 Å². The monoisotopic (exact) mass is 503 g/mol. The average molecular weight is 504 g/mol. The van der Waals surface area contributed by atoms with E-state index in [2.05, 4.69) is 20.7 Å². The summed E-state index contributed by atoms with van der Waals surface area (Å²) in [4.78, 5) is 6.92. The van der Waals surface area contributed by atoms with Crippen LogP contribution in [0, 0.1) is 13.8 Å². The molecule has 0 aliphatic heterocycles. The van der Waals surface area contributed by atoms with Crippen LogP contribution in [0.4, 0.5) is 17.1 Å². The topological polar surface area (TPSA) is 61.8 Å². The molecule has 0 radical (unpaired) electrons. The standard InChI is InChI=1S/C25H27Cl2N3O2S/c1-19-7-11-23(12-8-19)33(31,32)29-25-6-4-3-5-24(25)28-18-21-9-10-22(17-20(21)2)30(15-13-26)16-14-27/h3-12,17-18,29H,13-16H2,1-2H3. The molecule has 0 aliphatic carbocycles. The Balaban J connectivity index is 1.83. The Labute approximate surface area is 206 Å². The number of anilines is 2. The number of aliphatic imine (C=N–C) groups is 1. The van der Waals surface area contributed by atoms with Crippen LogP contribution in [0.25, 0.3) is 0 Å². The van der Waals surface area contributed by atoms with E-state index < -0.39 is 10.0 Å². The molecule has 0 saturated heterocycles. The van der Waals surface area contributed by atoms with Gasteiger partial charge in [-0.2, -0.15) is 0 Å².